The van der Waals surface area contributed by atoms with E-state index in [2.05, 4.69) is 40.6 Å². The van der Waals surface area contributed by atoms with Crippen molar-refractivity contribution in [2.24, 2.45) is 0 Å². The third-order valence-electron chi connectivity index (χ3n) is 1.49. The Balaban J connectivity index is 3.29. The fourth-order valence-corrected chi connectivity index (χ4v) is 2.59. The summed E-state index contributed by atoms with van der Waals surface area (Å²) in [4.78, 5) is 2.93. The van der Waals surface area contributed by atoms with Crippen molar-refractivity contribution in [1.29, 1.82) is 0 Å². The van der Waals surface area contributed by atoms with Gasteiger partial charge in [0.1, 0.15) is 0 Å². The number of hydrogen-bond donors (Lipinski definition) is 0. The molecule has 0 nitrogen and oxygen atoms in total. The molecule has 1 aromatic heterocycles. The molecule has 0 aliphatic rings. The second-order valence-corrected chi connectivity index (χ2v) is 4.60. The normalized spacial score (nSPS) is 10.1. The van der Waals surface area contributed by atoms with Gasteiger partial charge in [0.2, 0.25) is 0 Å². The number of hydrogen-bond acceptors (Lipinski definition) is 1. The molecule has 2 heteroatoms. The molecule has 0 aromatic carbocycles. The molecule has 1 rings (SSSR count). The molecule has 0 saturated carbocycles. The van der Waals surface area contributed by atoms with E-state index in [0.717, 1.165) is 0 Å². The molecule has 0 atom stereocenters. The zero-order valence-corrected chi connectivity index (χ0v) is 8.64. The zero-order chi connectivity index (χ0) is 7.02. The van der Waals surface area contributed by atoms with Crippen molar-refractivity contribution in [3.05, 3.63) is 15.3 Å². The number of rotatable bonds is 0. The van der Waals surface area contributed by atoms with Gasteiger partial charge in [-0.05, 0) is 0 Å². The van der Waals surface area contributed by atoms with Gasteiger partial charge in [-0.2, -0.15) is 0 Å². The summed E-state index contributed by atoms with van der Waals surface area (Å²) >= 11 is 4.02. The average Bonchev–Trinajstić information content (AvgIpc) is 1.98. The predicted molar refractivity (Wildman–Crippen MR) is 38.2 cm³/mol. The minimum atomic E-state index is 1.47. The fourth-order valence-electron chi connectivity index (χ4n) is 0.776. The fraction of sp³-hybridized carbons (Fsp3) is 0.429. The van der Waals surface area contributed by atoms with Crippen LogP contribution in [0, 0.1) is 20.8 Å². The summed E-state index contributed by atoms with van der Waals surface area (Å²) in [5.74, 6) is 0. The summed E-state index contributed by atoms with van der Waals surface area (Å²) in [7, 11) is 0. The summed E-state index contributed by atoms with van der Waals surface area (Å²) in [6, 6.07) is 0. The van der Waals surface area contributed by atoms with Gasteiger partial charge in [0.25, 0.3) is 0 Å². The van der Waals surface area contributed by atoms with Crippen LogP contribution in [0.25, 0.3) is 0 Å². The maximum atomic E-state index is 2.19. The third-order valence-corrected chi connectivity index (χ3v) is 4.47. The Labute approximate surface area is 71.2 Å². The zero-order valence-electron chi connectivity index (χ0n) is 5.82. The first kappa shape index (κ1) is 7.49. The van der Waals surface area contributed by atoms with Gasteiger partial charge in [0, 0.05) is 0 Å². The van der Waals surface area contributed by atoms with Crippen LogP contribution in [0.1, 0.15) is 15.3 Å². The van der Waals surface area contributed by atoms with Gasteiger partial charge in [-0.25, -0.2) is 0 Å². The number of aryl methyl sites for hydroxylation is 2. The molecule has 0 spiro atoms. The van der Waals surface area contributed by atoms with E-state index in [1.54, 1.807) is 0 Å². The van der Waals surface area contributed by atoms with Gasteiger partial charge in [0.15, 0.2) is 0 Å². The van der Waals surface area contributed by atoms with Crippen molar-refractivity contribution < 1.29 is 19.8 Å². The Morgan fingerprint density at radius 3 is 1.78 bits per heavy atom. The van der Waals surface area contributed by atoms with Crippen LogP contribution in [-0.2, 0) is 19.8 Å². The first-order chi connectivity index (χ1) is 4.13. The van der Waals surface area contributed by atoms with Gasteiger partial charge in [-0.1, -0.05) is 0 Å². The van der Waals surface area contributed by atoms with E-state index >= 15 is 0 Å². The van der Waals surface area contributed by atoms with Crippen LogP contribution in [-0.4, -0.2) is 0 Å². The topological polar surface area (TPSA) is 0 Å². The van der Waals surface area contributed by atoms with Gasteiger partial charge < -0.3 is 0 Å². The molecule has 0 fully saturated rings. The van der Waals surface area contributed by atoms with Gasteiger partial charge >= 0.3 is 71.2 Å². The molecule has 0 aliphatic carbocycles. The molecule has 1 aromatic rings. The molecular formula is C7H9MoS. The molecule has 0 radical (unpaired) electrons. The van der Waals surface area contributed by atoms with Crippen LogP contribution >= 0.6 is 11.3 Å². The first-order valence-corrected chi connectivity index (χ1v) is 4.68. The van der Waals surface area contributed by atoms with Crippen molar-refractivity contribution in [3.63, 3.8) is 0 Å². The Morgan fingerprint density at radius 1 is 1.11 bits per heavy atom. The maximum absolute atomic E-state index is 2.19. The monoisotopic (exact) mass is 223 g/mol. The molecule has 0 amide bonds. The van der Waals surface area contributed by atoms with Crippen molar-refractivity contribution in [2.45, 2.75) is 20.8 Å². The minimum absolute atomic E-state index is 1.47. The Morgan fingerprint density at radius 2 is 1.67 bits per heavy atom. The Hall–Kier alpha value is 0.388. The molecule has 0 N–H and O–H groups in total. The van der Waals surface area contributed by atoms with Crippen LogP contribution in [0.4, 0.5) is 0 Å². The van der Waals surface area contributed by atoms with E-state index < -0.39 is 0 Å². The van der Waals surface area contributed by atoms with E-state index in [1.165, 1.54) is 19.3 Å². The molecule has 1 heterocycles. The second kappa shape index (κ2) is 2.55. The summed E-state index contributed by atoms with van der Waals surface area (Å²) in [6.07, 6.45) is 0. The van der Waals surface area contributed by atoms with Crippen molar-refractivity contribution >= 4 is 15.3 Å². The second-order valence-electron chi connectivity index (χ2n) is 2.17. The summed E-state index contributed by atoms with van der Waals surface area (Å²) in [6.45, 7) is 6.56. The van der Waals surface area contributed by atoms with Crippen molar-refractivity contribution in [3.8, 4) is 0 Å². The first-order valence-electron chi connectivity index (χ1n) is 2.86. The van der Waals surface area contributed by atoms with E-state index in [9.17, 15) is 0 Å². The Bertz CT molecular complexity index is 203. The standard InChI is InChI=1S/C7H9S.Mo/c1-5-4-6(2)8-7(5)3;/h1-3H3;. The third kappa shape index (κ3) is 1.27. The van der Waals surface area contributed by atoms with Crippen LogP contribution in [0.3, 0.4) is 0 Å². The average molecular weight is 221 g/mol. The quantitative estimate of drug-likeness (QED) is 0.586. The molecular weight excluding hydrogens is 212 g/mol. The summed E-state index contributed by atoms with van der Waals surface area (Å²) < 4.78 is 1.48. The SMILES string of the molecule is Cc1sc(C)[c]([Mo])c1C. The molecule has 9 heavy (non-hydrogen) atoms. The molecule has 49 valence electrons. The van der Waals surface area contributed by atoms with Crippen LogP contribution in [0.2, 0.25) is 0 Å². The van der Waals surface area contributed by atoms with Crippen molar-refractivity contribution in [1.82, 2.24) is 0 Å². The van der Waals surface area contributed by atoms with E-state index in [0.29, 0.717) is 0 Å². The van der Waals surface area contributed by atoms with Gasteiger partial charge in [-0.15, -0.1) is 0 Å². The Kier molecular flexibility index (Phi) is 2.13. The van der Waals surface area contributed by atoms with E-state index in [1.807, 2.05) is 11.3 Å². The van der Waals surface area contributed by atoms with Crippen LogP contribution in [0.15, 0.2) is 0 Å². The van der Waals surface area contributed by atoms with E-state index in [4.69, 9.17) is 0 Å². The van der Waals surface area contributed by atoms with Gasteiger partial charge in [-0.3, -0.25) is 0 Å². The van der Waals surface area contributed by atoms with Crippen LogP contribution in [0.5, 0.6) is 0 Å². The van der Waals surface area contributed by atoms with Crippen molar-refractivity contribution in [2.75, 3.05) is 0 Å². The molecule has 0 unspecified atom stereocenters. The molecule has 0 saturated heterocycles. The molecule has 0 aliphatic heterocycles. The summed E-state index contributed by atoms with van der Waals surface area (Å²) in [5.41, 5.74) is 1.47. The van der Waals surface area contributed by atoms with E-state index in [-0.39, 0.29) is 0 Å². The predicted octanol–water partition coefficient (Wildman–Crippen LogP) is 1.85. The van der Waals surface area contributed by atoms with Crippen LogP contribution < -0.4 is 3.95 Å². The number of thiophene rings is 1. The molecule has 0 bridgehead atoms. The van der Waals surface area contributed by atoms with Gasteiger partial charge in [0.05, 0.1) is 0 Å². The summed E-state index contributed by atoms with van der Waals surface area (Å²) in [5, 5.41) is 0.